The second kappa shape index (κ2) is 17.6. The van der Waals surface area contributed by atoms with E-state index in [0.29, 0.717) is 0 Å². The maximum atomic E-state index is 16.2. The Kier molecular flexibility index (Phi) is 12.8. The van der Waals surface area contributed by atoms with Gasteiger partial charge in [0.2, 0.25) is 0 Å². The molecule has 6 aromatic rings. The minimum absolute atomic E-state index is 0.0313. The first-order valence-corrected chi connectivity index (χ1v) is 21.2. The molecule has 0 fully saturated rings. The summed E-state index contributed by atoms with van der Waals surface area (Å²) in [6.45, 7) is -1.54. The van der Waals surface area contributed by atoms with Crippen LogP contribution in [0.5, 0.6) is 11.5 Å². The van der Waals surface area contributed by atoms with Gasteiger partial charge in [0, 0.05) is 43.0 Å². The van der Waals surface area contributed by atoms with E-state index in [-0.39, 0.29) is 64.5 Å². The molecule has 0 aliphatic heterocycles. The number of rotatable bonds is 13. The third-order valence-electron chi connectivity index (χ3n) is 8.99. The molecule has 0 spiro atoms. The lowest BCUT2D eigenvalue weighted by atomic mass is 10.0. The predicted octanol–water partition coefficient (Wildman–Crippen LogP) is 7.60. The van der Waals surface area contributed by atoms with Crippen molar-refractivity contribution in [3.8, 4) is 22.6 Å². The molecule has 0 heterocycles. The lowest BCUT2D eigenvalue weighted by Crippen LogP contribution is -2.31. The SMILES string of the molecule is COC(=O)COc1c(Cl)ccc(P(=O)(c2ccc(F)cc2)c2ccc(F)cc2)c1-c1c(P(=O)(c2ccc(F)cc2)c2ccc(F)cc2)ccc(Cl)c1OCC(=O)OC. The Hall–Kier alpha value is -5.38. The predicted molar refractivity (Wildman–Crippen MR) is 216 cm³/mol. The molecule has 0 saturated carbocycles. The summed E-state index contributed by atoms with van der Waals surface area (Å²) in [4.78, 5) is 25.2. The third kappa shape index (κ3) is 8.29. The number of halogens is 6. The molecule has 0 aliphatic rings. The van der Waals surface area contributed by atoms with E-state index < -0.39 is 62.7 Å². The number of carbonyl (C=O) groups excluding carboxylic acids is 2. The van der Waals surface area contributed by atoms with Crippen LogP contribution in [0, 0.1) is 23.3 Å². The Morgan fingerprint density at radius 1 is 0.466 bits per heavy atom. The average molecular weight is 872 g/mol. The summed E-state index contributed by atoms with van der Waals surface area (Å²) >= 11 is 13.7. The Balaban J connectivity index is 1.86. The van der Waals surface area contributed by atoms with Gasteiger partial charge in [-0.15, -0.1) is 0 Å². The molecule has 16 heteroatoms. The smallest absolute Gasteiger partial charge is 0.343 e. The molecule has 6 aromatic carbocycles. The van der Waals surface area contributed by atoms with Crippen LogP contribution in [-0.4, -0.2) is 39.4 Å². The van der Waals surface area contributed by atoms with E-state index in [4.69, 9.17) is 42.1 Å². The van der Waals surface area contributed by atoms with Crippen molar-refractivity contribution in [1.29, 1.82) is 0 Å². The molecular weight excluding hydrogens is 841 g/mol. The van der Waals surface area contributed by atoms with Crippen LogP contribution in [0.15, 0.2) is 121 Å². The normalized spacial score (nSPS) is 11.5. The lowest BCUT2D eigenvalue weighted by molar-refractivity contribution is -0.143. The van der Waals surface area contributed by atoms with E-state index in [0.717, 1.165) is 62.8 Å². The van der Waals surface area contributed by atoms with E-state index in [9.17, 15) is 27.2 Å². The monoisotopic (exact) mass is 870 g/mol. The first-order chi connectivity index (χ1) is 27.7. The summed E-state index contributed by atoms with van der Waals surface area (Å²) in [6, 6.07) is 24.0. The first kappa shape index (κ1) is 42.2. The van der Waals surface area contributed by atoms with Gasteiger partial charge in [-0.3, -0.25) is 0 Å². The van der Waals surface area contributed by atoms with Crippen LogP contribution in [0.25, 0.3) is 11.1 Å². The minimum atomic E-state index is -4.40. The van der Waals surface area contributed by atoms with E-state index in [1.54, 1.807) is 0 Å². The van der Waals surface area contributed by atoms with Crippen LogP contribution < -0.4 is 41.3 Å². The highest BCUT2D eigenvalue weighted by Crippen LogP contribution is 2.55. The number of benzene rings is 6. The highest BCUT2D eigenvalue weighted by atomic mass is 35.5. The zero-order chi connectivity index (χ0) is 41.8. The van der Waals surface area contributed by atoms with Crippen LogP contribution in [0.1, 0.15) is 0 Å². The third-order valence-corrected chi connectivity index (χ3v) is 15.8. The second-order valence-corrected chi connectivity index (χ2v) is 18.7. The Morgan fingerprint density at radius 3 is 0.966 bits per heavy atom. The van der Waals surface area contributed by atoms with Crippen molar-refractivity contribution in [2.75, 3.05) is 27.4 Å². The Labute approximate surface area is 340 Å². The average Bonchev–Trinajstić information content (AvgIpc) is 3.22. The molecule has 298 valence electrons. The molecular formula is C42H30Cl2F4O8P2. The molecule has 0 aromatic heterocycles. The summed E-state index contributed by atoms with van der Waals surface area (Å²) in [5.74, 6) is -5.08. The standard InChI is InChI=1S/C42H30Cl2F4O8P2/c1-53-37(49)23-55-41-33(43)19-21-35(57(51,29-11-3-25(45)4-12-29)30-13-5-26(46)6-14-30)39(41)40-36(22-20-34(44)42(40)56-24-38(50)54-2)58(52,31-15-7-27(47)8-16-31)32-17-9-28(48)10-18-32/h3-22H,23-24H2,1-2H3. The van der Waals surface area contributed by atoms with Gasteiger partial charge in [-0.1, -0.05) is 23.2 Å². The number of esters is 2. The minimum Gasteiger partial charge on any atom is -0.480 e. The zero-order valence-electron chi connectivity index (χ0n) is 30.4. The summed E-state index contributed by atoms with van der Waals surface area (Å²) in [6.07, 6.45) is 0. The van der Waals surface area contributed by atoms with Gasteiger partial charge in [0.05, 0.1) is 24.3 Å². The Bertz CT molecular complexity index is 2310. The highest BCUT2D eigenvalue weighted by Gasteiger charge is 2.41. The number of methoxy groups -OCH3 is 2. The van der Waals surface area contributed by atoms with Crippen LogP contribution in [-0.2, 0) is 28.2 Å². The molecule has 0 atom stereocenters. The molecule has 0 N–H and O–H groups in total. The quantitative estimate of drug-likeness (QED) is 0.0665. The molecule has 0 unspecified atom stereocenters. The van der Waals surface area contributed by atoms with Gasteiger partial charge in [-0.2, -0.15) is 0 Å². The van der Waals surface area contributed by atoms with E-state index in [2.05, 4.69) is 0 Å². The molecule has 0 amide bonds. The van der Waals surface area contributed by atoms with Crippen LogP contribution >= 0.6 is 37.5 Å². The number of hydrogen-bond acceptors (Lipinski definition) is 8. The van der Waals surface area contributed by atoms with Crippen LogP contribution in [0.2, 0.25) is 10.0 Å². The van der Waals surface area contributed by atoms with Crippen molar-refractivity contribution in [3.63, 3.8) is 0 Å². The van der Waals surface area contributed by atoms with Gasteiger partial charge in [0.15, 0.2) is 27.5 Å². The number of carbonyl (C=O) groups is 2. The van der Waals surface area contributed by atoms with Gasteiger partial charge in [-0.05, 0) is 121 Å². The van der Waals surface area contributed by atoms with Crippen LogP contribution in [0.4, 0.5) is 17.6 Å². The van der Waals surface area contributed by atoms with E-state index in [1.165, 1.54) is 72.8 Å². The second-order valence-electron chi connectivity index (χ2n) is 12.4. The fourth-order valence-electron chi connectivity index (χ4n) is 6.22. The van der Waals surface area contributed by atoms with Gasteiger partial charge in [-0.25, -0.2) is 27.2 Å². The first-order valence-electron chi connectivity index (χ1n) is 17.0. The van der Waals surface area contributed by atoms with Crippen molar-refractivity contribution >= 4 is 81.3 Å². The highest BCUT2D eigenvalue weighted by molar-refractivity contribution is 7.86. The largest absolute Gasteiger partial charge is 0.480 e. The molecule has 8 nitrogen and oxygen atoms in total. The van der Waals surface area contributed by atoms with E-state index >= 15 is 9.13 Å². The Morgan fingerprint density at radius 2 is 0.724 bits per heavy atom. The summed E-state index contributed by atoms with van der Waals surface area (Å²) in [5, 5.41) is -0.538. The number of hydrogen-bond donors (Lipinski definition) is 0. The molecule has 0 saturated heterocycles. The number of ether oxygens (including phenoxy) is 4. The van der Waals surface area contributed by atoms with E-state index in [1.807, 2.05) is 0 Å². The topological polar surface area (TPSA) is 105 Å². The summed E-state index contributed by atoms with van der Waals surface area (Å²) in [5.41, 5.74) is -0.481. The van der Waals surface area contributed by atoms with Crippen molar-refractivity contribution in [2.24, 2.45) is 0 Å². The van der Waals surface area contributed by atoms with Crippen molar-refractivity contribution in [1.82, 2.24) is 0 Å². The fraction of sp³-hybridized carbons (Fsp3) is 0.0952. The maximum absolute atomic E-state index is 16.2. The molecule has 0 radical (unpaired) electrons. The molecule has 6 rings (SSSR count). The summed E-state index contributed by atoms with van der Waals surface area (Å²) < 4.78 is 112. The van der Waals surface area contributed by atoms with Crippen LogP contribution in [0.3, 0.4) is 0 Å². The van der Waals surface area contributed by atoms with Gasteiger partial charge in [0.1, 0.15) is 34.8 Å². The molecule has 0 bridgehead atoms. The fourth-order valence-corrected chi connectivity index (χ4v) is 12.3. The van der Waals surface area contributed by atoms with Crippen molar-refractivity contribution in [3.05, 3.63) is 155 Å². The summed E-state index contributed by atoms with van der Waals surface area (Å²) in [7, 11) is -6.57. The van der Waals surface area contributed by atoms with Gasteiger partial charge < -0.3 is 28.1 Å². The van der Waals surface area contributed by atoms with Gasteiger partial charge in [0.25, 0.3) is 0 Å². The van der Waals surface area contributed by atoms with Gasteiger partial charge >= 0.3 is 11.9 Å². The molecule has 58 heavy (non-hydrogen) atoms. The molecule has 0 aliphatic carbocycles. The maximum Gasteiger partial charge on any atom is 0.343 e. The van der Waals surface area contributed by atoms with Crippen molar-refractivity contribution in [2.45, 2.75) is 0 Å². The lowest BCUT2D eigenvalue weighted by Gasteiger charge is -2.29. The zero-order valence-corrected chi connectivity index (χ0v) is 33.7. The van der Waals surface area contributed by atoms with Crippen molar-refractivity contribution < 1.29 is 55.2 Å².